The molecule has 0 saturated carbocycles. The van der Waals surface area contributed by atoms with Crippen LogP contribution >= 0.6 is 15.9 Å². The van der Waals surface area contributed by atoms with Gasteiger partial charge in [0.15, 0.2) is 11.5 Å². The second-order valence-electron chi connectivity index (χ2n) is 3.83. The molecule has 0 N–H and O–H groups in total. The minimum atomic E-state index is 0.631. The van der Waals surface area contributed by atoms with Gasteiger partial charge in [0.1, 0.15) is 5.52 Å². The van der Waals surface area contributed by atoms with Gasteiger partial charge in [0.2, 0.25) is 0 Å². The van der Waals surface area contributed by atoms with Crippen molar-refractivity contribution >= 4 is 27.0 Å². The molecule has 16 heavy (non-hydrogen) atoms. The summed E-state index contributed by atoms with van der Waals surface area (Å²) in [5, 5.41) is 0. The number of rotatable bonds is 3. The Morgan fingerprint density at radius 3 is 2.88 bits per heavy atom. The quantitative estimate of drug-likeness (QED) is 0.866. The first kappa shape index (κ1) is 11.6. The van der Waals surface area contributed by atoms with Crippen molar-refractivity contribution in [2.45, 2.75) is 20.3 Å². The lowest BCUT2D eigenvalue weighted by Crippen LogP contribution is -1.93. The zero-order valence-corrected chi connectivity index (χ0v) is 11.2. The second kappa shape index (κ2) is 4.55. The summed E-state index contributed by atoms with van der Waals surface area (Å²) in [4.78, 5) is 4.48. The molecule has 0 aliphatic rings. The first-order chi connectivity index (χ1) is 7.63. The molecule has 3 nitrogen and oxygen atoms in total. The van der Waals surface area contributed by atoms with Crippen LogP contribution in [0.2, 0.25) is 0 Å². The molecule has 0 radical (unpaired) electrons. The van der Waals surface area contributed by atoms with Crippen molar-refractivity contribution in [2.75, 3.05) is 13.7 Å². The predicted octanol–water partition coefficient (Wildman–Crippen LogP) is 3.40. The summed E-state index contributed by atoms with van der Waals surface area (Å²) in [6.07, 6.45) is 0.710. The first-order valence-corrected chi connectivity index (χ1v) is 5.97. The fourth-order valence-electron chi connectivity index (χ4n) is 1.70. The Labute approximate surface area is 103 Å². The van der Waals surface area contributed by atoms with E-state index in [0.29, 0.717) is 13.0 Å². The number of hydrogen-bond donors (Lipinski definition) is 0. The largest absolute Gasteiger partial charge is 0.441 e. The van der Waals surface area contributed by atoms with Gasteiger partial charge >= 0.3 is 0 Å². The van der Waals surface area contributed by atoms with Gasteiger partial charge in [-0.1, -0.05) is 15.9 Å². The van der Waals surface area contributed by atoms with E-state index in [1.54, 1.807) is 7.11 Å². The van der Waals surface area contributed by atoms with Crippen LogP contribution in [0.5, 0.6) is 0 Å². The van der Waals surface area contributed by atoms with E-state index in [9.17, 15) is 0 Å². The molecule has 1 aromatic heterocycles. The van der Waals surface area contributed by atoms with Crippen molar-refractivity contribution in [1.29, 1.82) is 0 Å². The van der Waals surface area contributed by atoms with Crippen LogP contribution in [0.15, 0.2) is 15.0 Å². The summed E-state index contributed by atoms with van der Waals surface area (Å²) in [7, 11) is 1.68. The summed E-state index contributed by atoms with van der Waals surface area (Å²) < 4.78 is 11.8. The average molecular weight is 284 g/mol. The molecule has 2 rings (SSSR count). The van der Waals surface area contributed by atoms with Crippen LogP contribution in [-0.4, -0.2) is 18.7 Å². The van der Waals surface area contributed by atoms with Crippen molar-refractivity contribution in [2.24, 2.45) is 0 Å². The number of methoxy groups -OCH3 is 1. The van der Waals surface area contributed by atoms with Crippen molar-refractivity contribution in [3.63, 3.8) is 0 Å². The van der Waals surface area contributed by atoms with Gasteiger partial charge in [0.25, 0.3) is 0 Å². The monoisotopic (exact) mass is 283 g/mol. The van der Waals surface area contributed by atoms with Crippen molar-refractivity contribution in [3.05, 3.63) is 27.6 Å². The Bertz CT molecular complexity index is 519. The van der Waals surface area contributed by atoms with Gasteiger partial charge in [-0.05, 0) is 31.0 Å². The van der Waals surface area contributed by atoms with Gasteiger partial charge in [0.05, 0.1) is 6.61 Å². The molecular weight excluding hydrogens is 270 g/mol. The molecule has 0 atom stereocenters. The maximum atomic E-state index is 5.67. The Morgan fingerprint density at radius 1 is 1.44 bits per heavy atom. The Hall–Kier alpha value is -0.870. The van der Waals surface area contributed by atoms with Crippen LogP contribution in [0.25, 0.3) is 11.1 Å². The number of aryl methyl sites for hydroxylation is 2. The smallest absolute Gasteiger partial charge is 0.197 e. The number of nitrogens with zero attached hydrogens (tertiary/aromatic N) is 1. The predicted molar refractivity (Wildman–Crippen MR) is 66.8 cm³/mol. The highest BCUT2D eigenvalue weighted by Gasteiger charge is 2.11. The highest BCUT2D eigenvalue weighted by atomic mass is 79.9. The van der Waals surface area contributed by atoms with Crippen LogP contribution in [0, 0.1) is 13.8 Å². The molecule has 0 unspecified atom stereocenters. The molecule has 0 amide bonds. The summed E-state index contributed by atoms with van der Waals surface area (Å²) in [5.74, 6) is 0.734. The molecule has 1 aromatic carbocycles. The van der Waals surface area contributed by atoms with E-state index < -0.39 is 0 Å². The summed E-state index contributed by atoms with van der Waals surface area (Å²) >= 11 is 3.56. The number of fused-ring (bicyclic) bond motifs is 1. The lowest BCUT2D eigenvalue weighted by atomic mass is 10.1. The van der Waals surface area contributed by atoms with Crippen LogP contribution in [0.4, 0.5) is 0 Å². The van der Waals surface area contributed by atoms with Gasteiger partial charge in [-0.3, -0.25) is 0 Å². The minimum absolute atomic E-state index is 0.631. The number of ether oxygens (including phenoxy) is 1. The molecule has 1 heterocycles. The maximum Gasteiger partial charge on any atom is 0.197 e. The normalized spacial score (nSPS) is 11.2. The third-order valence-corrected chi connectivity index (χ3v) is 3.82. The van der Waals surface area contributed by atoms with E-state index >= 15 is 0 Å². The van der Waals surface area contributed by atoms with Crippen molar-refractivity contribution in [1.82, 2.24) is 4.98 Å². The summed E-state index contributed by atoms with van der Waals surface area (Å²) in [6.45, 7) is 4.72. The molecule has 4 heteroatoms. The highest BCUT2D eigenvalue weighted by molar-refractivity contribution is 9.10. The molecule has 86 valence electrons. The van der Waals surface area contributed by atoms with E-state index in [0.717, 1.165) is 27.0 Å². The standard InChI is InChI=1S/C12H14BrNO2/c1-7-6-9-12(8(2)11(7)13)14-10(16-9)4-5-15-3/h6H,4-5H2,1-3H3. The molecule has 2 aromatic rings. The third-order valence-electron chi connectivity index (χ3n) is 2.60. The van der Waals surface area contributed by atoms with Crippen LogP contribution in [0.3, 0.4) is 0 Å². The minimum Gasteiger partial charge on any atom is -0.441 e. The molecule has 0 saturated heterocycles. The lowest BCUT2D eigenvalue weighted by Gasteiger charge is -2.01. The highest BCUT2D eigenvalue weighted by Crippen LogP contribution is 2.29. The van der Waals surface area contributed by atoms with Gasteiger partial charge in [0, 0.05) is 18.0 Å². The average Bonchev–Trinajstić information content (AvgIpc) is 2.66. The van der Waals surface area contributed by atoms with Crippen molar-refractivity contribution in [3.8, 4) is 0 Å². The van der Waals surface area contributed by atoms with E-state index in [4.69, 9.17) is 9.15 Å². The van der Waals surface area contributed by atoms with Gasteiger partial charge in [-0.25, -0.2) is 4.98 Å². The van der Waals surface area contributed by atoms with E-state index in [1.807, 2.05) is 19.9 Å². The summed E-state index contributed by atoms with van der Waals surface area (Å²) in [6, 6.07) is 2.01. The Morgan fingerprint density at radius 2 is 2.19 bits per heavy atom. The third kappa shape index (κ3) is 1.99. The molecule has 0 bridgehead atoms. The molecule has 0 aliphatic heterocycles. The van der Waals surface area contributed by atoms with E-state index in [2.05, 4.69) is 20.9 Å². The number of hydrogen-bond acceptors (Lipinski definition) is 3. The fourth-order valence-corrected chi connectivity index (χ4v) is 2.00. The topological polar surface area (TPSA) is 35.3 Å². The SMILES string of the molecule is COCCc1nc2c(C)c(Br)c(C)cc2o1. The van der Waals surface area contributed by atoms with Crippen LogP contribution in [0.1, 0.15) is 17.0 Å². The number of oxazole rings is 1. The molecule has 0 aliphatic carbocycles. The lowest BCUT2D eigenvalue weighted by molar-refractivity contribution is 0.196. The van der Waals surface area contributed by atoms with Crippen molar-refractivity contribution < 1.29 is 9.15 Å². The number of benzene rings is 1. The van der Waals surface area contributed by atoms with E-state index in [-0.39, 0.29) is 0 Å². The number of aromatic nitrogens is 1. The second-order valence-corrected chi connectivity index (χ2v) is 4.62. The summed E-state index contributed by atoms with van der Waals surface area (Å²) in [5.41, 5.74) is 4.08. The Balaban J connectivity index is 2.49. The Kier molecular flexibility index (Phi) is 3.30. The zero-order chi connectivity index (χ0) is 11.7. The maximum absolute atomic E-state index is 5.67. The van der Waals surface area contributed by atoms with Gasteiger partial charge in [-0.15, -0.1) is 0 Å². The van der Waals surface area contributed by atoms with Gasteiger partial charge in [-0.2, -0.15) is 0 Å². The zero-order valence-electron chi connectivity index (χ0n) is 9.63. The molecule has 0 spiro atoms. The van der Waals surface area contributed by atoms with Crippen LogP contribution in [-0.2, 0) is 11.2 Å². The van der Waals surface area contributed by atoms with Gasteiger partial charge < -0.3 is 9.15 Å². The fraction of sp³-hybridized carbons (Fsp3) is 0.417. The first-order valence-electron chi connectivity index (χ1n) is 5.17. The molecular formula is C12H14BrNO2. The van der Waals surface area contributed by atoms with Crippen LogP contribution < -0.4 is 0 Å². The van der Waals surface area contributed by atoms with E-state index in [1.165, 1.54) is 5.56 Å². The number of halogens is 1. The molecule has 0 fully saturated rings.